The largest absolute Gasteiger partial charge is 0.493 e. The minimum atomic E-state index is -1.28. The summed E-state index contributed by atoms with van der Waals surface area (Å²) in [6.07, 6.45) is 3.06. The van der Waals surface area contributed by atoms with E-state index in [0.717, 1.165) is 47.3 Å². The Hall–Kier alpha value is -3.32. The number of nitrogens with zero attached hydrogens (tertiary/aromatic N) is 2. The number of carbonyl (C=O) groups excluding carboxylic acids is 3. The number of rotatable bonds is 7. The third kappa shape index (κ3) is 4.73. The van der Waals surface area contributed by atoms with Gasteiger partial charge in [-0.3, -0.25) is 28.9 Å². The lowest BCUT2D eigenvalue weighted by atomic mass is 9.83. The Balaban J connectivity index is 1.45. The Labute approximate surface area is 219 Å². The van der Waals surface area contributed by atoms with E-state index in [-0.39, 0.29) is 17.4 Å². The minimum Gasteiger partial charge on any atom is -0.493 e. The van der Waals surface area contributed by atoms with Crippen LogP contribution in [0.3, 0.4) is 0 Å². The standard InChI is InChI=1S/C24H25N3O8S2/c1-34-14-9-12(5-6-13(14)35-11-15(28)26-7-3-2-4-8-26)17-18-20(36-21-19(17)37-24(33)25-21)23(32)27(22(18)31)10-16(29)30/h5-6,9,17-18,20H,2-4,7-8,10-11H2,1H3,(H,25,33)(H,29,30)/t17-,18?,20?/m1/s1. The van der Waals surface area contributed by atoms with Crippen LogP contribution in [0.4, 0.5) is 0 Å². The van der Waals surface area contributed by atoms with E-state index in [9.17, 15) is 29.1 Å². The van der Waals surface area contributed by atoms with Crippen LogP contribution < -0.4 is 14.3 Å². The molecule has 4 heterocycles. The Bertz CT molecular complexity index is 1320. The molecule has 11 nitrogen and oxygen atoms in total. The molecular formula is C24H25N3O8S2. The van der Waals surface area contributed by atoms with Crippen LogP contribution in [-0.4, -0.2) is 82.2 Å². The van der Waals surface area contributed by atoms with Crippen molar-refractivity contribution in [3.8, 4) is 11.5 Å². The number of piperidine rings is 1. The number of imide groups is 1. The van der Waals surface area contributed by atoms with Gasteiger partial charge in [0.05, 0.1) is 18.1 Å². The number of carboxylic acids is 1. The van der Waals surface area contributed by atoms with Crippen molar-refractivity contribution in [2.75, 3.05) is 33.4 Å². The first-order valence-corrected chi connectivity index (χ1v) is 13.5. The molecule has 1 aromatic carbocycles. The van der Waals surface area contributed by atoms with Gasteiger partial charge in [-0.1, -0.05) is 29.2 Å². The van der Waals surface area contributed by atoms with Gasteiger partial charge >= 0.3 is 10.8 Å². The van der Waals surface area contributed by atoms with Crippen LogP contribution >= 0.6 is 23.1 Å². The van der Waals surface area contributed by atoms with Gasteiger partial charge in [-0.25, -0.2) is 0 Å². The number of H-pyrrole nitrogens is 1. The number of thioether (sulfide) groups is 1. The highest BCUT2D eigenvalue weighted by molar-refractivity contribution is 8.00. The fraction of sp³-hybridized carbons (Fsp3) is 0.458. The highest BCUT2D eigenvalue weighted by Gasteiger charge is 2.56. The van der Waals surface area contributed by atoms with Crippen molar-refractivity contribution in [3.05, 3.63) is 38.3 Å². The zero-order chi connectivity index (χ0) is 26.3. The zero-order valence-electron chi connectivity index (χ0n) is 19.9. The highest BCUT2D eigenvalue weighted by Crippen LogP contribution is 2.53. The van der Waals surface area contributed by atoms with Gasteiger partial charge in [-0.05, 0) is 37.0 Å². The van der Waals surface area contributed by atoms with Gasteiger partial charge in [-0.15, -0.1) is 0 Å². The molecule has 2 unspecified atom stereocenters. The summed E-state index contributed by atoms with van der Waals surface area (Å²) < 4.78 is 11.3. The number of amides is 3. The van der Waals surface area contributed by atoms with Crippen molar-refractivity contribution in [2.45, 2.75) is 35.5 Å². The average Bonchev–Trinajstić information content (AvgIpc) is 3.38. The monoisotopic (exact) mass is 547 g/mol. The summed E-state index contributed by atoms with van der Waals surface area (Å²) >= 11 is 2.03. The number of aliphatic carboxylic acids is 1. The summed E-state index contributed by atoms with van der Waals surface area (Å²) in [5.41, 5.74) is 0.608. The number of ether oxygens (including phenoxy) is 2. The number of carbonyl (C=O) groups is 4. The Morgan fingerprint density at radius 1 is 1.11 bits per heavy atom. The predicted molar refractivity (Wildman–Crippen MR) is 133 cm³/mol. The highest BCUT2D eigenvalue weighted by atomic mass is 32.2. The fourth-order valence-electron chi connectivity index (χ4n) is 5.10. The number of hydrogen-bond donors (Lipinski definition) is 2. The van der Waals surface area contributed by atoms with Crippen LogP contribution in [0.2, 0.25) is 0 Å². The van der Waals surface area contributed by atoms with E-state index in [2.05, 4.69) is 4.98 Å². The molecule has 196 valence electrons. The van der Waals surface area contributed by atoms with E-state index in [1.807, 2.05) is 0 Å². The number of thiazole rings is 1. The number of methoxy groups -OCH3 is 1. The molecule has 3 amide bonds. The Kier molecular flexibility index (Phi) is 6.99. The maximum Gasteiger partial charge on any atom is 0.323 e. The number of nitrogens with one attached hydrogen (secondary N) is 1. The van der Waals surface area contributed by atoms with E-state index >= 15 is 0 Å². The molecule has 0 bridgehead atoms. The summed E-state index contributed by atoms with van der Waals surface area (Å²) in [5, 5.41) is 8.84. The maximum absolute atomic E-state index is 13.3. The second-order valence-electron chi connectivity index (χ2n) is 9.05. The van der Waals surface area contributed by atoms with Crippen molar-refractivity contribution in [1.82, 2.24) is 14.8 Å². The molecule has 37 heavy (non-hydrogen) atoms. The molecule has 0 radical (unpaired) electrons. The van der Waals surface area contributed by atoms with Crippen LogP contribution in [0.15, 0.2) is 28.0 Å². The van der Waals surface area contributed by atoms with Gasteiger partial charge in [0.1, 0.15) is 11.8 Å². The van der Waals surface area contributed by atoms with E-state index in [1.54, 1.807) is 23.1 Å². The van der Waals surface area contributed by atoms with Crippen LogP contribution in [-0.2, 0) is 19.2 Å². The quantitative estimate of drug-likeness (QED) is 0.493. The minimum absolute atomic E-state index is 0.103. The van der Waals surface area contributed by atoms with Crippen LogP contribution in [0.25, 0.3) is 0 Å². The lowest BCUT2D eigenvalue weighted by molar-refractivity contribution is -0.149. The molecule has 2 fully saturated rings. The number of carboxylic acid groups (broad SMARTS) is 1. The molecule has 1 aromatic heterocycles. The smallest absolute Gasteiger partial charge is 0.323 e. The number of benzene rings is 1. The second kappa shape index (κ2) is 10.2. The maximum atomic E-state index is 13.3. The van der Waals surface area contributed by atoms with Gasteiger partial charge in [0, 0.05) is 23.9 Å². The number of aromatic amines is 1. The summed E-state index contributed by atoms with van der Waals surface area (Å²) in [4.78, 5) is 67.9. The topological polar surface area (TPSA) is 146 Å². The van der Waals surface area contributed by atoms with Crippen molar-refractivity contribution in [3.63, 3.8) is 0 Å². The molecule has 2 aromatic rings. The first kappa shape index (κ1) is 25.3. The van der Waals surface area contributed by atoms with Crippen LogP contribution in [0.1, 0.15) is 35.6 Å². The van der Waals surface area contributed by atoms with Crippen molar-refractivity contribution in [2.24, 2.45) is 5.92 Å². The number of aromatic nitrogens is 1. The number of fused-ring (bicyclic) bond motifs is 2. The molecule has 5 rings (SSSR count). The van der Waals surface area contributed by atoms with Gasteiger partial charge in [0.15, 0.2) is 18.1 Å². The van der Waals surface area contributed by atoms with Gasteiger partial charge in [-0.2, -0.15) is 0 Å². The van der Waals surface area contributed by atoms with Crippen LogP contribution in [0, 0.1) is 5.92 Å². The summed E-state index contributed by atoms with van der Waals surface area (Å²) in [5.74, 6) is -3.43. The molecule has 0 aliphatic carbocycles. The summed E-state index contributed by atoms with van der Waals surface area (Å²) in [6, 6.07) is 5.02. The van der Waals surface area contributed by atoms with E-state index < -0.39 is 41.4 Å². The lowest BCUT2D eigenvalue weighted by Gasteiger charge is -2.30. The summed E-state index contributed by atoms with van der Waals surface area (Å²) in [6.45, 7) is 0.576. The van der Waals surface area contributed by atoms with Gasteiger partial charge in [0.2, 0.25) is 11.8 Å². The second-order valence-corrected chi connectivity index (χ2v) is 11.2. The Morgan fingerprint density at radius 3 is 2.57 bits per heavy atom. The first-order valence-electron chi connectivity index (χ1n) is 11.8. The molecule has 2 saturated heterocycles. The molecule has 0 spiro atoms. The average molecular weight is 548 g/mol. The third-order valence-corrected chi connectivity index (χ3v) is 9.22. The lowest BCUT2D eigenvalue weighted by Crippen LogP contribution is -2.38. The number of likely N-dealkylation sites (tertiary alicyclic amines) is 2. The van der Waals surface area contributed by atoms with E-state index in [0.29, 0.717) is 40.1 Å². The predicted octanol–water partition coefficient (Wildman–Crippen LogP) is 1.51. The SMILES string of the molecule is COc1cc([C@H]2c3sc(=O)[nH]c3SC3C(=O)N(CC(=O)O)C(=O)C32)ccc1OCC(=O)N1CCCCC1. The molecule has 0 saturated carbocycles. The first-order chi connectivity index (χ1) is 17.8. The normalized spacial score (nSPS) is 23.0. The van der Waals surface area contributed by atoms with Crippen LogP contribution in [0.5, 0.6) is 11.5 Å². The molecule has 3 aliphatic heterocycles. The summed E-state index contributed by atoms with van der Waals surface area (Å²) in [7, 11) is 1.46. The van der Waals surface area contributed by atoms with Gasteiger partial charge < -0.3 is 24.5 Å². The molecular weight excluding hydrogens is 522 g/mol. The van der Waals surface area contributed by atoms with Crippen molar-refractivity contribution < 1.29 is 33.8 Å². The molecule has 13 heteroatoms. The Morgan fingerprint density at radius 2 is 1.86 bits per heavy atom. The zero-order valence-corrected chi connectivity index (χ0v) is 21.6. The molecule has 3 aliphatic rings. The number of hydrogen-bond acceptors (Lipinski definition) is 9. The molecule has 2 N–H and O–H groups in total. The third-order valence-electron chi connectivity index (χ3n) is 6.82. The van der Waals surface area contributed by atoms with E-state index in [4.69, 9.17) is 9.47 Å². The van der Waals surface area contributed by atoms with E-state index in [1.165, 1.54) is 7.11 Å². The van der Waals surface area contributed by atoms with Crippen molar-refractivity contribution in [1.29, 1.82) is 0 Å². The van der Waals surface area contributed by atoms with Crippen molar-refractivity contribution >= 4 is 46.8 Å². The molecule has 3 atom stereocenters. The fourth-order valence-corrected chi connectivity index (χ4v) is 7.63. The van der Waals surface area contributed by atoms with Gasteiger partial charge in [0.25, 0.3) is 5.91 Å².